The van der Waals surface area contributed by atoms with E-state index in [2.05, 4.69) is 25.8 Å². The standard InChI is InChI=1S/C15H24O/c1-4-5-6-7-9-14(2)10-8-11-15(3)12-13-16/h1,10,12,16H,5-9,11,13H2,2-3H3/b14-10+,15-12+. The molecule has 0 aliphatic rings. The maximum atomic E-state index is 8.70. The first-order valence-electron chi connectivity index (χ1n) is 6.06. The molecule has 0 atom stereocenters. The van der Waals surface area contributed by atoms with Crippen LogP contribution in [0.2, 0.25) is 0 Å². The molecule has 0 heterocycles. The SMILES string of the molecule is C#CCCCC/C(C)=C/CC/C(C)=C/CO. The molecule has 1 heteroatoms. The van der Waals surface area contributed by atoms with Gasteiger partial charge in [0.25, 0.3) is 0 Å². The summed E-state index contributed by atoms with van der Waals surface area (Å²) in [5.74, 6) is 2.66. The Labute approximate surface area is 100 Å². The van der Waals surface area contributed by atoms with Crippen LogP contribution in [0.1, 0.15) is 52.4 Å². The molecule has 0 saturated carbocycles. The van der Waals surface area contributed by atoms with E-state index in [1.54, 1.807) is 0 Å². The lowest BCUT2D eigenvalue weighted by atomic mass is 10.1. The molecule has 90 valence electrons. The molecule has 0 amide bonds. The summed E-state index contributed by atoms with van der Waals surface area (Å²) in [6.07, 6.45) is 15.9. The number of aliphatic hydroxyl groups is 1. The van der Waals surface area contributed by atoms with Crippen LogP contribution in [0.25, 0.3) is 0 Å². The van der Waals surface area contributed by atoms with Gasteiger partial charge in [0.2, 0.25) is 0 Å². The Kier molecular flexibility index (Phi) is 9.86. The Bertz CT molecular complexity index is 266. The maximum Gasteiger partial charge on any atom is 0.0614 e. The zero-order chi connectivity index (χ0) is 12.2. The Morgan fingerprint density at radius 2 is 1.81 bits per heavy atom. The molecule has 1 nitrogen and oxygen atoms in total. The van der Waals surface area contributed by atoms with Gasteiger partial charge in [-0.3, -0.25) is 0 Å². The van der Waals surface area contributed by atoms with Gasteiger partial charge in [-0.05, 0) is 46.0 Å². The van der Waals surface area contributed by atoms with Gasteiger partial charge in [-0.2, -0.15) is 0 Å². The molecule has 0 spiro atoms. The smallest absolute Gasteiger partial charge is 0.0614 e. The molecule has 0 radical (unpaired) electrons. The van der Waals surface area contributed by atoms with E-state index in [1.165, 1.54) is 17.6 Å². The number of hydrogen-bond donors (Lipinski definition) is 1. The highest BCUT2D eigenvalue weighted by Crippen LogP contribution is 2.11. The topological polar surface area (TPSA) is 20.2 Å². The Hall–Kier alpha value is -1.00. The first-order valence-corrected chi connectivity index (χ1v) is 6.06. The molecule has 0 aliphatic heterocycles. The predicted octanol–water partition coefficient (Wildman–Crippen LogP) is 3.85. The monoisotopic (exact) mass is 220 g/mol. The maximum absolute atomic E-state index is 8.70. The van der Waals surface area contributed by atoms with Gasteiger partial charge >= 0.3 is 0 Å². The quantitative estimate of drug-likeness (QED) is 0.374. The fraction of sp³-hybridized carbons (Fsp3) is 0.600. The molecule has 1 N–H and O–H groups in total. The molecule has 0 rings (SSSR count). The minimum absolute atomic E-state index is 0.153. The van der Waals surface area contributed by atoms with E-state index in [-0.39, 0.29) is 6.61 Å². The van der Waals surface area contributed by atoms with Gasteiger partial charge < -0.3 is 5.11 Å². The Morgan fingerprint density at radius 3 is 2.44 bits per heavy atom. The van der Waals surface area contributed by atoms with Crippen LogP contribution in [0.15, 0.2) is 23.3 Å². The highest BCUT2D eigenvalue weighted by atomic mass is 16.2. The van der Waals surface area contributed by atoms with Crippen molar-refractivity contribution < 1.29 is 5.11 Å². The second kappa shape index (κ2) is 10.5. The van der Waals surface area contributed by atoms with Gasteiger partial charge in [0.05, 0.1) is 6.61 Å². The Balaban J connectivity index is 3.63. The normalized spacial score (nSPS) is 12.6. The van der Waals surface area contributed by atoms with E-state index in [9.17, 15) is 0 Å². The van der Waals surface area contributed by atoms with Crippen LogP contribution in [0.5, 0.6) is 0 Å². The molecule has 0 aromatic rings. The molecule has 0 bridgehead atoms. The molecule has 0 saturated heterocycles. The van der Waals surface area contributed by atoms with Crippen molar-refractivity contribution in [1.82, 2.24) is 0 Å². The molecular formula is C15H24O. The van der Waals surface area contributed by atoms with Crippen LogP contribution in [0.3, 0.4) is 0 Å². The van der Waals surface area contributed by atoms with Crippen molar-refractivity contribution in [2.24, 2.45) is 0 Å². The van der Waals surface area contributed by atoms with E-state index in [1.807, 2.05) is 6.08 Å². The molecule has 0 aromatic heterocycles. The fourth-order valence-corrected chi connectivity index (χ4v) is 1.54. The molecule has 0 aliphatic carbocycles. The highest BCUT2D eigenvalue weighted by molar-refractivity contribution is 5.03. The van der Waals surface area contributed by atoms with Crippen LogP contribution in [0.4, 0.5) is 0 Å². The Morgan fingerprint density at radius 1 is 1.12 bits per heavy atom. The summed E-state index contributed by atoms with van der Waals surface area (Å²) in [7, 11) is 0. The number of allylic oxidation sites excluding steroid dienone is 3. The average Bonchev–Trinajstić information content (AvgIpc) is 2.25. The van der Waals surface area contributed by atoms with Gasteiger partial charge in [-0.15, -0.1) is 12.3 Å². The lowest BCUT2D eigenvalue weighted by Crippen LogP contribution is -1.83. The molecule has 0 aromatic carbocycles. The predicted molar refractivity (Wildman–Crippen MR) is 71.1 cm³/mol. The van der Waals surface area contributed by atoms with Crippen molar-refractivity contribution in [3.63, 3.8) is 0 Å². The fourth-order valence-electron chi connectivity index (χ4n) is 1.54. The number of terminal acetylenes is 1. The first kappa shape index (κ1) is 15.0. The van der Waals surface area contributed by atoms with E-state index < -0.39 is 0 Å². The summed E-state index contributed by atoms with van der Waals surface area (Å²) in [6, 6.07) is 0. The van der Waals surface area contributed by atoms with Crippen molar-refractivity contribution in [3.05, 3.63) is 23.3 Å². The lowest BCUT2D eigenvalue weighted by Gasteiger charge is -2.01. The number of unbranched alkanes of at least 4 members (excludes halogenated alkanes) is 2. The van der Waals surface area contributed by atoms with E-state index in [4.69, 9.17) is 11.5 Å². The largest absolute Gasteiger partial charge is 0.392 e. The van der Waals surface area contributed by atoms with Crippen LogP contribution in [-0.2, 0) is 0 Å². The van der Waals surface area contributed by atoms with Crippen LogP contribution < -0.4 is 0 Å². The van der Waals surface area contributed by atoms with E-state index in [0.717, 1.165) is 32.1 Å². The summed E-state index contributed by atoms with van der Waals surface area (Å²) in [5.41, 5.74) is 2.72. The van der Waals surface area contributed by atoms with Gasteiger partial charge in [0, 0.05) is 6.42 Å². The number of hydrogen-bond acceptors (Lipinski definition) is 1. The zero-order valence-electron chi connectivity index (χ0n) is 10.6. The van der Waals surface area contributed by atoms with Gasteiger partial charge in [-0.25, -0.2) is 0 Å². The summed E-state index contributed by atoms with van der Waals surface area (Å²) < 4.78 is 0. The molecule has 16 heavy (non-hydrogen) atoms. The molecular weight excluding hydrogens is 196 g/mol. The number of rotatable bonds is 8. The summed E-state index contributed by atoms with van der Waals surface area (Å²) in [4.78, 5) is 0. The van der Waals surface area contributed by atoms with Crippen molar-refractivity contribution in [1.29, 1.82) is 0 Å². The van der Waals surface area contributed by atoms with Gasteiger partial charge in [-0.1, -0.05) is 23.3 Å². The van der Waals surface area contributed by atoms with Crippen LogP contribution >= 0.6 is 0 Å². The lowest BCUT2D eigenvalue weighted by molar-refractivity contribution is 0.341. The van der Waals surface area contributed by atoms with Crippen molar-refractivity contribution in [2.75, 3.05) is 6.61 Å². The van der Waals surface area contributed by atoms with E-state index in [0.29, 0.717) is 0 Å². The molecule has 0 unspecified atom stereocenters. The van der Waals surface area contributed by atoms with Crippen molar-refractivity contribution in [3.8, 4) is 12.3 Å². The molecule has 0 fully saturated rings. The minimum atomic E-state index is 0.153. The second-order valence-corrected chi connectivity index (χ2v) is 4.23. The summed E-state index contributed by atoms with van der Waals surface area (Å²) in [5, 5.41) is 8.70. The van der Waals surface area contributed by atoms with Crippen molar-refractivity contribution >= 4 is 0 Å². The number of aliphatic hydroxyl groups excluding tert-OH is 1. The highest BCUT2D eigenvalue weighted by Gasteiger charge is 1.92. The third-order valence-electron chi connectivity index (χ3n) is 2.61. The summed E-state index contributed by atoms with van der Waals surface area (Å²) >= 11 is 0. The van der Waals surface area contributed by atoms with Gasteiger partial charge in [0.15, 0.2) is 0 Å². The third kappa shape index (κ3) is 9.55. The first-order chi connectivity index (χ1) is 7.70. The van der Waals surface area contributed by atoms with Gasteiger partial charge in [0.1, 0.15) is 0 Å². The zero-order valence-corrected chi connectivity index (χ0v) is 10.6. The summed E-state index contributed by atoms with van der Waals surface area (Å²) in [6.45, 7) is 4.40. The van der Waals surface area contributed by atoms with Crippen molar-refractivity contribution in [2.45, 2.75) is 52.4 Å². The second-order valence-electron chi connectivity index (χ2n) is 4.23. The third-order valence-corrected chi connectivity index (χ3v) is 2.61. The van der Waals surface area contributed by atoms with Crippen LogP contribution in [-0.4, -0.2) is 11.7 Å². The average molecular weight is 220 g/mol. The van der Waals surface area contributed by atoms with Crippen LogP contribution in [0, 0.1) is 12.3 Å². The minimum Gasteiger partial charge on any atom is -0.392 e. The van der Waals surface area contributed by atoms with E-state index >= 15 is 0 Å².